The van der Waals surface area contributed by atoms with Crippen molar-refractivity contribution in [3.8, 4) is 5.69 Å². The molecule has 0 spiro atoms. The summed E-state index contributed by atoms with van der Waals surface area (Å²) in [6.45, 7) is 4.22. The van der Waals surface area contributed by atoms with Gasteiger partial charge in [-0.2, -0.15) is 0 Å². The van der Waals surface area contributed by atoms with Crippen LogP contribution in [-0.4, -0.2) is 14.5 Å². The van der Waals surface area contributed by atoms with Crippen molar-refractivity contribution in [1.29, 1.82) is 0 Å². The van der Waals surface area contributed by atoms with Gasteiger partial charge in [-0.15, -0.1) is 0 Å². The lowest BCUT2D eigenvalue weighted by molar-refractivity contribution is 1.07. The van der Waals surface area contributed by atoms with Gasteiger partial charge in [0.1, 0.15) is 6.33 Å². The van der Waals surface area contributed by atoms with E-state index in [0.717, 1.165) is 21.2 Å². The minimum Gasteiger partial charge on any atom is -0.297 e. The van der Waals surface area contributed by atoms with Gasteiger partial charge >= 0.3 is 0 Å². The molecule has 1 aromatic carbocycles. The predicted molar refractivity (Wildman–Crippen MR) is 76.0 cm³/mol. The molecule has 0 amide bonds. The summed E-state index contributed by atoms with van der Waals surface area (Å²) in [7, 11) is 0. The lowest BCUT2D eigenvalue weighted by Gasteiger charge is -2.05. The fourth-order valence-corrected chi connectivity index (χ4v) is 2.36. The van der Waals surface area contributed by atoms with Gasteiger partial charge in [0.25, 0.3) is 0 Å². The van der Waals surface area contributed by atoms with Crippen molar-refractivity contribution in [2.75, 3.05) is 0 Å². The normalized spacial score (nSPS) is 11.1. The summed E-state index contributed by atoms with van der Waals surface area (Å²) < 4.78 is 3.02. The van der Waals surface area contributed by atoms with E-state index < -0.39 is 0 Å². The average Bonchev–Trinajstić information content (AvgIpc) is 2.73. The van der Waals surface area contributed by atoms with Gasteiger partial charge in [0, 0.05) is 10.7 Å². The highest BCUT2D eigenvalue weighted by molar-refractivity contribution is 9.10. The molecule has 2 heterocycles. The number of fused-ring (bicyclic) bond motifs is 1. The molecule has 3 rings (SSSR count). The third-order valence-corrected chi connectivity index (χ3v) is 3.57. The summed E-state index contributed by atoms with van der Waals surface area (Å²) in [6, 6.07) is 6.31. The molecule has 0 N–H and O–H groups in total. The monoisotopic (exact) mass is 301 g/mol. The van der Waals surface area contributed by atoms with Crippen LogP contribution >= 0.6 is 15.9 Å². The van der Waals surface area contributed by atoms with Crippen LogP contribution in [0.15, 0.2) is 41.4 Å². The second kappa shape index (κ2) is 4.21. The molecule has 3 aromatic rings. The molecule has 0 radical (unpaired) electrons. The number of hydrogen-bond acceptors (Lipinski definition) is 2. The molecule has 2 aromatic heterocycles. The van der Waals surface area contributed by atoms with E-state index in [0.29, 0.717) is 0 Å². The Kier molecular flexibility index (Phi) is 2.67. The SMILES string of the molecule is Cc1cc2ncn(-c3cncc(Br)c3)c2cc1C. The lowest BCUT2D eigenvalue weighted by atomic mass is 10.1. The van der Waals surface area contributed by atoms with Crippen LogP contribution in [-0.2, 0) is 0 Å². The Hall–Kier alpha value is -1.68. The largest absolute Gasteiger partial charge is 0.297 e. The van der Waals surface area contributed by atoms with E-state index in [2.05, 4.69) is 56.4 Å². The molecule has 0 atom stereocenters. The van der Waals surface area contributed by atoms with E-state index in [1.54, 1.807) is 6.20 Å². The van der Waals surface area contributed by atoms with Gasteiger partial charge in [0.15, 0.2) is 0 Å². The molecular weight excluding hydrogens is 290 g/mol. The number of imidazole rings is 1. The van der Waals surface area contributed by atoms with E-state index in [-0.39, 0.29) is 0 Å². The Morgan fingerprint density at radius 1 is 1.06 bits per heavy atom. The Bertz CT molecular complexity index is 731. The lowest BCUT2D eigenvalue weighted by Crippen LogP contribution is -1.93. The quantitative estimate of drug-likeness (QED) is 0.684. The predicted octanol–water partition coefficient (Wildman–Crippen LogP) is 3.80. The second-order valence-corrected chi connectivity index (χ2v) is 5.32. The van der Waals surface area contributed by atoms with Crippen LogP contribution in [0.3, 0.4) is 0 Å². The maximum atomic E-state index is 4.45. The van der Waals surface area contributed by atoms with Crippen LogP contribution < -0.4 is 0 Å². The minimum atomic E-state index is 0.964. The number of hydrogen-bond donors (Lipinski definition) is 0. The van der Waals surface area contributed by atoms with Crippen molar-refractivity contribution in [3.05, 3.63) is 52.5 Å². The van der Waals surface area contributed by atoms with E-state index in [9.17, 15) is 0 Å². The number of halogens is 1. The van der Waals surface area contributed by atoms with Crippen LogP contribution in [0.1, 0.15) is 11.1 Å². The fraction of sp³-hybridized carbons (Fsp3) is 0.143. The molecule has 3 nitrogen and oxygen atoms in total. The van der Waals surface area contributed by atoms with Gasteiger partial charge in [-0.1, -0.05) is 0 Å². The zero-order valence-electron chi connectivity index (χ0n) is 10.2. The van der Waals surface area contributed by atoms with Crippen molar-refractivity contribution >= 4 is 27.0 Å². The van der Waals surface area contributed by atoms with E-state index >= 15 is 0 Å². The highest BCUT2D eigenvalue weighted by atomic mass is 79.9. The summed E-state index contributed by atoms with van der Waals surface area (Å²) in [5, 5.41) is 0. The van der Waals surface area contributed by atoms with Gasteiger partial charge < -0.3 is 0 Å². The van der Waals surface area contributed by atoms with Crippen LogP contribution in [0, 0.1) is 13.8 Å². The van der Waals surface area contributed by atoms with E-state index in [4.69, 9.17) is 0 Å². The smallest absolute Gasteiger partial charge is 0.100 e. The Balaban J connectivity index is 2.27. The van der Waals surface area contributed by atoms with Crippen molar-refractivity contribution in [3.63, 3.8) is 0 Å². The molecule has 0 aliphatic rings. The first-order chi connectivity index (χ1) is 8.65. The highest BCUT2D eigenvalue weighted by Crippen LogP contribution is 2.22. The molecule has 90 valence electrons. The Morgan fingerprint density at radius 2 is 1.83 bits per heavy atom. The maximum Gasteiger partial charge on any atom is 0.100 e. The molecule has 0 saturated carbocycles. The first kappa shape index (κ1) is 11.4. The van der Waals surface area contributed by atoms with Gasteiger partial charge in [-0.05, 0) is 59.1 Å². The first-order valence-electron chi connectivity index (χ1n) is 5.70. The summed E-state index contributed by atoms with van der Waals surface area (Å²) in [4.78, 5) is 8.64. The van der Waals surface area contributed by atoms with E-state index in [1.807, 2.05) is 18.6 Å². The van der Waals surface area contributed by atoms with Gasteiger partial charge in [-0.25, -0.2) is 4.98 Å². The van der Waals surface area contributed by atoms with Crippen molar-refractivity contribution in [2.24, 2.45) is 0 Å². The molecule has 4 heteroatoms. The Morgan fingerprint density at radius 3 is 2.61 bits per heavy atom. The van der Waals surface area contributed by atoms with E-state index in [1.165, 1.54) is 11.1 Å². The standard InChI is InChI=1S/C14H12BrN3/c1-9-3-13-14(4-10(9)2)18(8-17-13)12-5-11(15)6-16-7-12/h3-8H,1-2H3. The third-order valence-electron chi connectivity index (χ3n) is 3.13. The van der Waals surface area contributed by atoms with Crippen LogP contribution in [0.5, 0.6) is 0 Å². The molecule has 0 aliphatic carbocycles. The maximum absolute atomic E-state index is 4.45. The number of benzene rings is 1. The molecular formula is C14H12BrN3. The fourth-order valence-electron chi connectivity index (χ4n) is 2.00. The van der Waals surface area contributed by atoms with Crippen LogP contribution in [0.4, 0.5) is 0 Å². The molecule has 0 bridgehead atoms. The van der Waals surface area contributed by atoms with Gasteiger partial charge in [0.05, 0.1) is 22.9 Å². The molecule has 18 heavy (non-hydrogen) atoms. The van der Waals surface area contributed by atoms with Crippen LogP contribution in [0.2, 0.25) is 0 Å². The number of aromatic nitrogens is 3. The molecule has 0 aliphatic heterocycles. The van der Waals surface area contributed by atoms with Gasteiger partial charge in [0.2, 0.25) is 0 Å². The molecule has 0 saturated heterocycles. The Labute approximate surface area is 114 Å². The third kappa shape index (κ3) is 1.82. The number of nitrogens with zero attached hydrogens (tertiary/aromatic N) is 3. The summed E-state index contributed by atoms with van der Waals surface area (Å²) in [6.07, 6.45) is 5.45. The topological polar surface area (TPSA) is 30.7 Å². The minimum absolute atomic E-state index is 0.964. The van der Waals surface area contributed by atoms with Crippen molar-refractivity contribution < 1.29 is 0 Å². The van der Waals surface area contributed by atoms with Crippen LogP contribution in [0.25, 0.3) is 16.7 Å². The number of rotatable bonds is 1. The van der Waals surface area contributed by atoms with Crippen molar-refractivity contribution in [1.82, 2.24) is 14.5 Å². The summed E-state index contributed by atoms with van der Waals surface area (Å²) in [5.74, 6) is 0. The zero-order chi connectivity index (χ0) is 12.7. The summed E-state index contributed by atoms with van der Waals surface area (Å²) in [5.41, 5.74) is 5.67. The molecule has 0 unspecified atom stereocenters. The zero-order valence-corrected chi connectivity index (χ0v) is 11.8. The number of aryl methyl sites for hydroxylation is 2. The number of pyridine rings is 1. The van der Waals surface area contributed by atoms with Crippen molar-refractivity contribution in [2.45, 2.75) is 13.8 Å². The second-order valence-electron chi connectivity index (χ2n) is 4.40. The first-order valence-corrected chi connectivity index (χ1v) is 6.49. The molecule has 0 fully saturated rings. The van der Waals surface area contributed by atoms with Gasteiger partial charge in [-0.3, -0.25) is 9.55 Å². The summed E-state index contributed by atoms with van der Waals surface area (Å²) >= 11 is 3.44. The highest BCUT2D eigenvalue weighted by Gasteiger charge is 2.07. The average molecular weight is 302 g/mol.